The van der Waals surface area contributed by atoms with Crippen molar-refractivity contribution in [2.24, 2.45) is 0 Å². The number of hydrogen-bond donors (Lipinski definition) is 1. The number of rotatable bonds is 8. The van der Waals surface area contributed by atoms with E-state index in [9.17, 15) is 9.90 Å². The standard InChI is InChI=1S/C28H39NO6/c1-19(30)14-15-29(27(31)35-28(3,4)5)20(2)23-12-13-25(32-6)24(18-23)21-8-10-22(11-9-21)26-33-16-7-17-34-26/h8-13,18-20,26,30H,7,14-17H2,1-6H3/t19?,20-/m0/s1. The van der Waals surface area contributed by atoms with Crippen LogP contribution in [0.3, 0.4) is 0 Å². The van der Waals surface area contributed by atoms with E-state index in [1.165, 1.54) is 0 Å². The monoisotopic (exact) mass is 485 g/mol. The molecule has 1 unspecified atom stereocenters. The van der Waals surface area contributed by atoms with E-state index in [0.717, 1.165) is 34.4 Å². The van der Waals surface area contributed by atoms with Crippen LogP contribution in [0.2, 0.25) is 0 Å². The summed E-state index contributed by atoms with van der Waals surface area (Å²) in [5.41, 5.74) is 3.22. The van der Waals surface area contributed by atoms with E-state index in [4.69, 9.17) is 18.9 Å². The average molecular weight is 486 g/mol. The Morgan fingerprint density at radius 2 is 1.77 bits per heavy atom. The quantitative estimate of drug-likeness (QED) is 0.504. The van der Waals surface area contributed by atoms with E-state index in [1.807, 2.05) is 70.2 Å². The van der Waals surface area contributed by atoms with Gasteiger partial charge in [-0.25, -0.2) is 4.79 Å². The minimum atomic E-state index is -0.613. The Labute approximate surface area is 208 Å². The molecule has 0 bridgehead atoms. The highest BCUT2D eigenvalue weighted by Crippen LogP contribution is 2.35. The van der Waals surface area contributed by atoms with Crippen molar-refractivity contribution in [2.45, 2.75) is 71.5 Å². The van der Waals surface area contributed by atoms with Crippen molar-refractivity contribution in [1.29, 1.82) is 0 Å². The van der Waals surface area contributed by atoms with Crippen LogP contribution in [-0.2, 0) is 14.2 Å². The molecule has 1 fully saturated rings. The Bertz CT molecular complexity index is 960. The first-order valence-corrected chi connectivity index (χ1v) is 12.3. The lowest BCUT2D eigenvalue weighted by Gasteiger charge is -2.32. The molecule has 35 heavy (non-hydrogen) atoms. The number of ether oxygens (including phenoxy) is 4. The molecule has 0 aromatic heterocycles. The van der Waals surface area contributed by atoms with Crippen LogP contribution in [0.25, 0.3) is 11.1 Å². The van der Waals surface area contributed by atoms with Gasteiger partial charge in [0.05, 0.1) is 32.5 Å². The van der Waals surface area contributed by atoms with Gasteiger partial charge in [0.2, 0.25) is 0 Å². The molecule has 1 aliphatic rings. The molecule has 1 N–H and O–H groups in total. The Hall–Kier alpha value is -2.61. The number of amides is 1. The van der Waals surface area contributed by atoms with Crippen LogP contribution in [0, 0.1) is 0 Å². The third-order valence-corrected chi connectivity index (χ3v) is 5.91. The van der Waals surface area contributed by atoms with Crippen molar-refractivity contribution in [3.05, 3.63) is 53.6 Å². The predicted octanol–water partition coefficient (Wildman–Crippen LogP) is 5.87. The zero-order valence-corrected chi connectivity index (χ0v) is 21.7. The fraction of sp³-hybridized carbons (Fsp3) is 0.536. The fourth-order valence-electron chi connectivity index (χ4n) is 3.98. The summed E-state index contributed by atoms with van der Waals surface area (Å²) >= 11 is 0. The molecule has 0 radical (unpaired) electrons. The number of methoxy groups -OCH3 is 1. The van der Waals surface area contributed by atoms with Crippen molar-refractivity contribution in [1.82, 2.24) is 4.90 Å². The molecular weight excluding hydrogens is 446 g/mol. The van der Waals surface area contributed by atoms with Gasteiger partial charge in [0, 0.05) is 17.7 Å². The summed E-state index contributed by atoms with van der Waals surface area (Å²) in [7, 11) is 1.65. The fourth-order valence-corrected chi connectivity index (χ4v) is 3.98. The molecule has 0 aliphatic carbocycles. The van der Waals surface area contributed by atoms with Crippen molar-refractivity contribution in [3.8, 4) is 16.9 Å². The summed E-state index contributed by atoms with van der Waals surface area (Å²) in [5.74, 6) is 0.742. The van der Waals surface area contributed by atoms with Gasteiger partial charge in [0.1, 0.15) is 11.4 Å². The van der Waals surface area contributed by atoms with Crippen LogP contribution in [0.4, 0.5) is 4.79 Å². The molecular formula is C28H39NO6. The molecule has 0 saturated carbocycles. The molecule has 2 aromatic rings. The Morgan fingerprint density at radius 1 is 1.11 bits per heavy atom. The summed E-state index contributed by atoms with van der Waals surface area (Å²) < 4.78 is 22.7. The SMILES string of the molecule is COc1ccc([C@H](C)N(CCC(C)O)C(=O)OC(C)(C)C)cc1-c1ccc(C2OCCCO2)cc1. The van der Waals surface area contributed by atoms with Crippen molar-refractivity contribution in [2.75, 3.05) is 26.9 Å². The van der Waals surface area contributed by atoms with Gasteiger partial charge in [0.25, 0.3) is 0 Å². The van der Waals surface area contributed by atoms with Gasteiger partial charge in [-0.2, -0.15) is 0 Å². The molecule has 1 heterocycles. The lowest BCUT2D eigenvalue weighted by Crippen LogP contribution is -2.39. The first-order chi connectivity index (χ1) is 16.6. The van der Waals surface area contributed by atoms with Crippen LogP contribution in [-0.4, -0.2) is 54.7 Å². The number of benzene rings is 2. The highest BCUT2D eigenvalue weighted by atomic mass is 16.7. The van der Waals surface area contributed by atoms with E-state index < -0.39 is 17.8 Å². The maximum atomic E-state index is 13.0. The summed E-state index contributed by atoms with van der Waals surface area (Å²) in [6.45, 7) is 11.0. The average Bonchev–Trinajstić information content (AvgIpc) is 2.83. The van der Waals surface area contributed by atoms with Crippen LogP contribution in [0.15, 0.2) is 42.5 Å². The second kappa shape index (κ2) is 11.9. The molecule has 3 rings (SSSR count). The smallest absolute Gasteiger partial charge is 0.410 e. The number of carbonyl (C=O) groups is 1. The number of aliphatic hydroxyl groups excluding tert-OH is 1. The first kappa shape index (κ1) is 27.0. The first-order valence-electron chi connectivity index (χ1n) is 12.3. The van der Waals surface area contributed by atoms with Crippen molar-refractivity contribution in [3.63, 3.8) is 0 Å². The number of aliphatic hydroxyl groups is 1. The second-order valence-corrected chi connectivity index (χ2v) is 10.00. The molecule has 7 heteroatoms. The topological polar surface area (TPSA) is 77.5 Å². The summed E-state index contributed by atoms with van der Waals surface area (Å²) in [5, 5.41) is 9.83. The third-order valence-electron chi connectivity index (χ3n) is 5.91. The number of hydrogen-bond acceptors (Lipinski definition) is 6. The van der Waals surface area contributed by atoms with E-state index in [2.05, 4.69) is 0 Å². The lowest BCUT2D eigenvalue weighted by atomic mass is 9.97. The third kappa shape index (κ3) is 7.43. The zero-order chi connectivity index (χ0) is 25.6. The molecule has 1 amide bonds. The highest BCUT2D eigenvalue weighted by Gasteiger charge is 2.27. The molecule has 7 nitrogen and oxygen atoms in total. The van der Waals surface area contributed by atoms with Crippen LogP contribution in [0.5, 0.6) is 5.75 Å². The summed E-state index contributed by atoms with van der Waals surface area (Å²) in [4.78, 5) is 14.7. The normalized spacial score (nSPS) is 16.4. The maximum Gasteiger partial charge on any atom is 0.410 e. The molecule has 2 atom stereocenters. The molecule has 2 aromatic carbocycles. The molecule has 0 spiro atoms. The lowest BCUT2D eigenvalue weighted by molar-refractivity contribution is -0.183. The number of nitrogens with zero attached hydrogens (tertiary/aromatic N) is 1. The largest absolute Gasteiger partial charge is 0.496 e. The minimum absolute atomic E-state index is 0.267. The summed E-state index contributed by atoms with van der Waals surface area (Å²) in [6.07, 6.45) is 0.115. The Kier molecular flexibility index (Phi) is 9.16. The summed E-state index contributed by atoms with van der Waals surface area (Å²) in [6, 6.07) is 13.7. The predicted molar refractivity (Wildman–Crippen MR) is 135 cm³/mol. The van der Waals surface area contributed by atoms with Gasteiger partial charge < -0.3 is 29.0 Å². The molecule has 1 saturated heterocycles. The van der Waals surface area contributed by atoms with Gasteiger partial charge in [-0.05, 0) is 70.7 Å². The van der Waals surface area contributed by atoms with Gasteiger partial charge in [-0.1, -0.05) is 30.3 Å². The van der Waals surface area contributed by atoms with Gasteiger partial charge in [-0.15, -0.1) is 0 Å². The Balaban J connectivity index is 1.89. The van der Waals surface area contributed by atoms with E-state index in [-0.39, 0.29) is 12.3 Å². The maximum absolute atomic E-state index is 13.0. The minimum Gasteiger partial charge on any atom is -0.496 e. The molecule has 192 valence electrons. The van der Waals surface area contributed by atoms with Crippen LogP contribution < -0.4 is 4.74 Å². The van der Waals surface area contributed by atoms with E-state index in [1.54, 1.807) is 18.9 Å². The number of carbonyl (C=O) groups excluding carboxylic acids is 1. The van der Waals surface area contributed by atoms with Gasteiger partial charge >= 0.3 is 6.09 Å². The second-order valence-electron chi connectivity index (χ2n) is 10.00. The Morgan fingerprint density at radius 3 is 2.34 bits per heavy atom. The highest BCUT2D eigenvalue weighted by molar-refractivity contribution is 5.73. The van der Waals surface area contributed by atoms with Crippen molar-refractivity contribution < 1.29 is 28.8 Å². The zero-order valence-electron chi connectivity index (χ0n) is 21.7. The van der Waals surface area contributed by atoms with E-state index >= 15 is 0 Å². The van der Waals surface area contributed by atoms with Crippen LogP contribution >= 0.6 is 0 Å². The van der Waals surface area contributed by atoms with Gasteiger partial charge in [0.15, 0.2) is 6.29 Å². The van der Waals surface area contributed by atoms with Crippen molar-refractivity contribution >= 4 is 6.09 Å². The van der Waals surface area contributed by atoms with Gasteiger partial charge in [-0.3, -0.25) is 0 Å². The van der Waals surface area contributed by atoms with Crippen LogP contribution in [0.1, 0.15) is 70.9 Å². The molecule has 1 aliphatic heterocycles. The van der Waals surface area contributed by atoms with E-state index in [0.29, 0.717) is 26.2 Å².